The molecule has 0 saturated heterocycles. The monoisotopic (exact) mass is 286 g/mol. The molecule has 0 radical (unpaired) electrons. The zero-order valence-electron chi connectivity index (χ0n) is 11.4. The van der Waals surface area contributed by atoms with Gasteiger partial charge in [0.2, 0.25) is 0 Å². The molecule has 0 aliphatic carbocycles. The van der Waals surface area contributed by atoms with Crippen LogP contribution in [-0.4, -0.2) is 11.5 Å². The number of oxazole rings is 1. The van der Waals surface area contributed by atoms with Crippen molar-refractivity contribution in [3.05, 3.63) is 29.7 Å². The maximum atomic E-state index is 12.6. The van der Waals surface area contributed by atoms with Gasteiger partial charge in [-0.05, 0) is 30.5 Å². The van der Waals surface area contributed by atoms with Crippen LogP contribution in [0, 0.1) is 5.92 Å². The number of alkyl halides is 3. The zero-order chi connectivity index (χ0) is 14.9. The largest absolute Gasteiger partial charge is 0.440 e. The Labute approximate surface area is 115 Å². The Morgan fingerprint density at radius 2 is 2.00 bits per heavy atom. The number of nitrogens with two attached hydrogens (primary N) is 1. The van der Waals surface area contributed by atoms with Crippen LogP contribution in [0.5, 0.6) is 0 Å². The lowest BCUT2D eigenvalue weighted by Gasteiger charge is -2.12. The fourth-order valence-corrected chi connectivity index (χ4v) is 2.16. The van der Waals surface area contributed by atoms with Gasteiger partial charge in [-0.15, -0.1) is 0 Å². The van der Waals surface area contributed by atoms with E-state index in [4.69, 9.17) is 10.2 Å². The van der Waals surface area contributed by atoms with E-state index in [2.05, 4.69) is 4.98 Å². The Hall–Kier alpha value is -1.56. The Bertz CT molecular complexity index is 590. The highest BCUT2D eigenvalue weighted by molar-refractivity contribution is 5.73. The second kappa shape index (κ2) is 5.44. The first-order valence-electron chi connectivity index (χ1n) is 6.49. The molecule has 2 N–H and O–H groups in total. The molecule has 1 aromatic carbocycles. The topological polar surface area (TPSA) is 52.0 Å². The van der Waals surface area contributed by atoms with Crippen LogP contribution in [0.15, 0.2) is 22.6 Å². The van der Waals surface area contributed by atoms with Crippen molar-refractivity contribution in [2.24, 2.45) is 11.7 Å². The molecule has 110 valence electrons. The van der Waals surface area contributed by atoms with Crippen LogP contribution >= 0.6 is 0 Å². The molecule has 0 aliphatic heterocycles. The highest BCUT2D eigenvalue weighted by Crippen LogP contribution is 2.32. The molecule has 6 heteroatoms. The number of halogens is 3. The van der Waals surface area contributed by atoms with E-state index in [9.17, 15) is 13.2 Å². The van der Waals surface area contributed by atoms with Crippen molar-refractivity contribution in [2.75, 3.05) is 6.54 Å². The van der Waals surface area contributed by atoms with Gasteiger partial charge in [-0.1, -0.05) is 13.8 Å². The van der Waals surface area contributed by atoms with Crippen LogP contribution in [-0.2, 0) is 6.18 Å². The average molecular weight is 286 g/mol. The second-order valence-corrected chi connectivity index (χ2v) is 5.29. The summed E-state index contributed by atoms with van der Waals surface area (Å²) in [7, 11) is 0. The van der Waals surface area contributed by atoms with Crippen LogP contribution < -0.4 is 5.73 Å². The number of aromatic nitrogens is 1. The zero-order valence-corrected chi connectivity index (χ0v) is 11.4. The van der Waals surface area contributed by atoms with Gasteiger partial charge in [0.15, 0.2) is 11.5 Å². The smallest absolute Gasteiger partial charge is 0.416 e. The summed E-state index contributed by atoms with van der Waals surface area (Å²) in [6, 6.07) is 3.31. The fourth-order valence-electron chi connectivity index (χ4n) is 2.16. The molecule has 2 rings (SSSR count). The summed E-state index contributed by atoms with van der Waals surface area (Å²) < 4.78 is 43.5. The molecule has 1 heterocycles. The molecule has 0 spiro atoms. The standard InChI is InChI=1S/C14H17F3N2O/c1-8(2)5-9(7-18)13-19-11-6-10(14(15,16)17)3-4-12(11)20-13/h3-4,6,8-9H,5,7,18H2,1-2H3. The van der Waals surface area contributed by atoms with Crippen LogP contribution in [0.1, 0.15) is 37.6 Å². The Balaban J connectivity index is 2.38. The minimum Gasteiger partial charge on any atom is -0.440 e. The van der Waals surface area contributed by atoms with Crippen molar-refractivity contribution in [2.45, 2.75) is 32.4 Å². The molecule has 1 atom stereocenters. The minimum absolute atomic E-state index is 0.0725. The quantitative estimate of drug-likeness (QED) is 0.926. The van der Waals surface area contributed by atoms with Gasteiger partial charge in [-0.25, -0.2) is 4.98 Å². The van der Waals surface area contributed by atoms with E-state index in [-0.39, 0.29) is 11.4 Å². The lowest BCUT2D eigenvalue weighted by Crippen LogP contribution is -2.14. The van der Waals surface area contributed by atoms with Crippen LogP contribution in [0.4, 0.5) is 13.2 Å². The molecule has 3 nitrogen and oxygen atoms in total. The van der Waals surface area contributed by atoms with Gasteiger partial charge in [-0.3, -0.25) is 0 Å². The Morgan fingerprint density at radius 1 is 1.30 bits per heavy atom. The van der Waals surface area contributed by atoms with Gasteiger partial charge < -0.3 is 10.2 Å². The first-order valence-corrected chi connectivity index (χ1v) is 6.49. The minimum atomic E-state index is -4.38. The summed E-state index contributed by atoms with van der Waals surface area (Å²) in [5.41, 5.74) is 5.55. The summed E-state index contributed by atoms with van der Waals surface area (Å²) in [6.45, 7) is 4.46. The van der Waals surface area contributed by atoms with Gasteiger partial charge in [0.25, 0.3) is 0 Å². The molecule has 0 saturated carbocycles. The van der Waals surface area contributed by atoms with Crippen LogP contribution in [0.2, 0.25) is 0 Å². The molecule has 0 amide bonds. The van der Waals surface area contributed by atoms with Crippen molar-refractivity contribution in [3.63, 3.8) is 0 Å². The third kappa shape index (κ3) is 3.12. The molecular formula is C14H17F3N2O. The van der Waals surface area contributed by atoms with Gasteiger partial charge in [-0.2, -0.15) is 13.2 Å². The number of benzene rings is 1. The van der Waals surface area contributed by atoms with Crippen molar-refractivity contribution in [3.8, 4) is 0 Å². The fraction of sp³-hybridized carbons (Fsp3) is 0.500. The maximum Gasteiger partial charge on any atom is 0.416 e. The summed E-state index contributed by atoms with van der Waals surface area (Å²) >= 11 is 0. The Morgan fingerprint density at radius 3 is 2.55 bits per heavy atom. The maximum absolute atomic E-state index is 12.6. The van der Waals surface area contributed by atoms with Crippen molar-refractivity contribution >= 4 is 11.1 Å². The summed E-state index contributed by atoms with van der Waals surface area (Å²) in [5, 5.41) is 0. The van der Waals surface area contributed by atoms with Crippen molar-refractivity contribution < 1.29 is 17.6 Å². The Kier molecular flexibility index (Phi) is 4.04. The van der Waals surface area contributed by atoms with Crippen molar-refractivity contribution in [1.29, 1.82) is 0 Å². The SMILES string of the molecule is CC(C)CC(CN)c1nc2cc(C(F)(F)F)ccc2o1. The predicted molar refractivity (Wildman–Crippen MR) is 70.3 cm³/mol. The summed E-state index contributed by atoms with van der Waals surface area (Å²) in [4.78, 5) is 4.16. The summed E-state index contributed by atoms with van der Waals surface area (Å²) in [5.74, 6) is 0.747. The number of hydrogen-bond acceptors (Lipinski definition) is 3. The van der Waals surface area contributed by atoms with Crippen LogP contribution in [0.3, 0.4) is 0 Å². The van der Waals surface area contributed by atoms with E-state index in [0.29, 0.717) is 23.9 Å². The highest BCUT2D eigenvalue weighted by atomic mass is 19.4. The third-order valence-corrected chi connectivity index (χ3v) is 3.12. The van der Waals surface area contributed by atoms with Gasteiger partial charge in [0.05, 0.1) is 5.56 Å². The van der Waals surface area contributed by atoms with Gasteiger partial charge in [0, 0.05) is 12.5 Å². The van der Waals surface area contributed by atoms with E-state index < -0.39 is 11.7 Å². The lowest BCUT2D eigenvalue weighted by molar-refractivity contribution is -0.137. The van der Waals surface area contributed by atoms with Crippen LogP contribution in [0.25, 0.3) is 11.1 Å². The second-order valence-electron chi connectivity index (χ2n) is 5.29. The van der Waals surface area contributed by atoms with Gasteiger partial charge in [0.1, 0.15) is 5.52 Å². The van der Waals surface area contributed by atoms with Crippen molar-refractivity contribution in [1.82, 2.24) is 4.98 Å². The first kappa shape index (κ1) is 14.8. The molecule has 2 aromatic rings. The number of fused-ring (bicyclic) bond motifs is 1. The third-order valence-electron chi connectivity index (χ3n) is 3.12. The molecule has 1 aromatic heterocycles. The first-order chi connectivity index (χ1) is 9.31. The molecule has 0 fully saturated rings. The number of nitrogens with zero attached hydrogens (tertiary/aromatic N) is 1. The molecule has 0 bridgehead atoms. The summed E-state index contributed by atoms with van der Waals surface area (Å²) in [6.07, 6.45) is -3.59. The normalized spacial score (nSPS) is 14.2. The average Bonchev–Trinajstić information content (AvgIpc) is 2.76. The van der Waals surface area contributed by atoms with E-state index in [1.165, 1.54) is 6.07 Å². The molecule has 0 aliphatic rings. The molecule has 1 unspecified atom stereocenters. The lowest BCUT2D eigenvalue weighted by atomic mass is 9.97. The molecule has 20 heavy (non-hydrogen) atoms. The van der Waals surface area contributed by atoms with Gasteiger partial charge >= 0.3 is 6.18 Å². The van der Waals surface area contributed by atoms with E-state index in [1.807, 2.05) is 13.8 Å². The van der Waals surface area contributed by atoms with E-state index in [1.54, 1.807) is 0 Å². The number of hydrogen-bond donors (Lipinski definition) is 1. The van der Waals surface area contributed by atoms with E-state index >= 15 is 0 Å². The highest BCUT2D eigenvalue weighted by Gasteiger charge is 2.31. The number of rotatable bonds is 4. The molecular weight excluding hydrogens is 269 g/mol. The predicted octanol–water partition coefficient (Wildman–Crippen LogP) is 3.94. The van der Waals surface area contributed by atoms with E-state index in [0.717, 1.165) is 18.6 Å².